The summed E-state index contributed by atoms with van der Waals surface area (Å²) in [5.74, 6) is 2.44. The van der Waals surface area contributed by atoms with Crippen LogP contribution in [0.1, 0.15) is 17.0 Å². The Labute approximate surface area is 157 Å². The first kappa shape index (κ1) is 18.0. The quantitative estimate of drug-likeness (QED) is 0.466. The molecule has 0 radical (unpaired) electrons. The van der Waals surface area contributed by atoms with Crippen LogP contribution in [-0.4, -0.2) is 27.1 Å². The van der Waals surface area contributed by atoms with Crippen LogP contribution in [-0.2, 0) is 6.42 Å². The highest BCUT2D eigenvalue weighted by atomic mass is 32.2. The van der Waals surface area contributed by atoms with E-state index in [9.17, 15) is 0 Å². The van der Waals surface area contributed by atoms with E-state index in [-0.39, 0.29) is 0 Å². The predicted molar refractivity (Wildman–Crippen MR) is 103 cm³/mol. The van der Waals surface area contributed by atoms with E-state index in [1.807, 2.05) is 37.3 Å². The van der Waals surface area contributed by atoms with Gasteiger partial charge < -0.3 is 4.74 Å². The van der Waals surface area contributed by atoms with Crippen LogP contribution < -0.4 is 4.74 Å². The highest BCUT2D eigenvalue weighted by molar-refractivity contribution is 7.99. The lowest BCUT2D eigenvalue weighted by molar-refractivity contribution is 0.344. The highest BCUT2D eigenvalue weighted by Gasteiger charge is 2.11. The van der Waals surface area contributed by atoms with Gasteiger partial charge in [-0.05, 0) is 49.2 Å². The van der Waals surface area contributed by atoms with Crippen molar-refractivity contribution in [1.29, 1.82) is 5.26 Å². The molecular weight excluding hydrogens is 344 g/mol. The number of benzene rings is 2. The minimum Gasteiger partial charge on any atom is -0.493 e. The Bertz CT molecular complexity index is 912. The predicted octanol–water partition coefficient (Wildman–Crippen LogP) is 4.12. The number of nitriles is 1. The Kier molecular flexibility index (Phi) is 5.92. The van der Waals surface area contributed by atoms with Gasteiger partial charge in [-0.25, -0.2) is 0 Å². The fourth-order valence-corrected chi connectivity index (χ4v) is 3.40. The molecule has 0 bridgehead atoms. The molecule has 0 unspecified atom stereocenters. The Balaban J connectivity index is 1.58. The van der Waals surface area contributed by atoms with Gasteiger partial charge in [-0.3, -0.25) is 4.57 Å². The third-order valence-electron chi connectivity index (χ3n) is 3.84. The molecule has 0 saturated heterocycles. The van der Waals surface area contributed by atoms with Gasteiger partial charge in [0.05, 0.1) is 19.1 Å². The number of rotatable bonds is 7. The second-order valence-electron chi connectivity index (χ2n) is 5.88. The number of hydrogen-bond acceptors (Lipinski definition) is 5. The van der Waals surface area contributed by atoms with E-state index < -0.39 is 0 Å². The van der Waals surface area contributed by atoms with E-state index >= 15 is 0 Å². The minimum absolute atomic E-state index is 0.421. The van der Waals surface area contributed by atoms with Crippen molar-refractivity contribution in [2.75, 3.05) is 12.4 Å². The molecule has 2 aromatic carbocycles. The van der Waals surface area contributed by atoms with Gasteiger partial charge in [0.25, 0.3) is 0 Å². The van der Waals surface area contributed by atoms with Crippen LogP contribution in [0.25, 0.3) is 5.69 Å². The van der Waals surface area contributed by atoms with Crippen molar-refractivity contribution >= 4 is 11.8 Å². The lowest BCUT2D eigenvalue weighted by Gasteiger charge is -2.10. The van der Waals surface area contributed by atoms with Crippen molar-refractivity contribution in [2.24, 2.45) is 0 Å². The Morgan fingerprint density at radius 3 is 2.65 bits per heavy atom. The monoisotopic (exact) mass is 364 g/mol. The van der Waals surface area contributed by atoms with Crippen molar-refractivity contribution < 1.29 is 4.74 Å². The van der Waals surface area contributed by atoms with Gasteiger partial charge in [0.1, 0.15) is 11.6 Å². The van der Waals surface area contributed by atoms with E-state index in [4.69, 9.17) is 10.00 Å². The zero-order valence-corrected chi connectivity index (χ0v) is 15.7. The molecule has 1 aromatic heterocycles. The average molecular weight is 364 g/mol. The molecular formula is C20H20N4OS. The summed E-state index contributed by atoms with van der Waals surface area (Å²) >= 11 is 1.62. The molecule has 0 saturated carbocycles. The van der Waals surface area contributed by atoms with Crippen LogP contribution in [0.15, 0.2) is 53.7 Å². The van der Waals surface area contributed by atoms with E-state index in [0.717, 1.165) is 33.7 Å². The number of thioether (sulfide) groups is 1. The molecule has 1 heterocycles. The van der Waals surface area contributed by atoms with Crippen molar-refractivity contribution in [3.8, 4) is 17.5 Å². The summed E-state index contributed by atoms with van der Waals surface area (Å²) in [5.41, 5.74) is 3.27. The SMILES string of the molecule is Cc1cccc(-n2c(C)nnc2SCCOc2ccc(CC#N)cc2)c1. The van der Waals surface area contributed by atoms with Crippen molar-refractivity contribution in [2.45, 2.75) is 25.4 Å². The summed E-state index contributed by atoms with van der Waals surface area (Å²) in [4.78, 5) is 0. The molecule has 0 aliphatic rings. The summed E-state index contributed by atoms with van der Waals surface area (Å²) in [6.07, 6.45) is 0.421. The summed E-state index contributed by atoms with van der Waals surface area (Å²) < 4.78 is 7.84. The normalized spacial score (nSPS) is 10.5. The molecule has 0 N–H and O–H groups in total. The fraction of sp³-hybridized carbons (Fsp3) is 0.250. The van der Waals surface area contributed by atoms with E-state index in [1.54, 1.807) is 11.8 Å². The molecule has 0 aliphatic carbocycles. The molecule has 26 heavy (non-hydrogen) atoms. The number of nitrogens with zero attached hydrogens (tertiary/aromatic N) is 4. The highest BCUT2D eigenvalue weighted by Crippen LogP contribution is 2.22. The average Bonchev–Trinajstić information content (AvgIpc) is 3.01. The number of ether oxygens (including phenoxy) is 1. The number of hydrogen-bond donors (Lipinski definition) is 0. The molecule has 0 fully saturated rings. The van der Waals surface area contributed by atoms with Gasteiger partial charge >= 0.3 is 0 Å². The van der Waals surface area contributed by atoms with Crippen molar-refractivity contribution in [3.63, 3.8) is 0 Å². The molecule has 6 heteroatoms. The largest absolute Gasteiger partial charge is 0.493 e. The van der Waals surface area contributed by atoms with E-state index in [1.165, 1.54) is 5.56 Å². The van der Waals surface area contributed by atoms with E-state index in [0.29, 0.717) is 13.0 Å². The van der Waals surface area contributed by atoms with Crippen LogP contribution in [0.2, 0.25) is 0 Å². The molecule has 0 amide bonds. The smallest absolute Gasteiger partial charge is 0.195 e. The van der Waals surface area contributed by atoms with Gasteiger partial charge in [0, 0.05) is 11.4 Å². The minimum atomic E-state index is 0.421. The molecule has 0 spiro atoms. The number of aromatic nitrogens is 3. The topological polar surface area (TPSA) is 63.7 Å². The van der Waals surface area contributed by atoms with Crippen LogP contribution in [0.4, 0.5) is 0 Å². The first-order valence-electron chi connectivity index (χ1n) is 8.38. The van der Waals surface area contributed by atoms with Gasteiger partial charge in [0.2, 0.25) is 0 Å². The zero-order chi connectivity index (χ0) is 18.4. The Morgan fingerprint density at radius 2 is 1.92 bits per heavy atom. The third kappa shape index (κ3) is 4.44. The second kappa shape index (κ2) is 8.54. The van der Waals surface area contributed by atoms with Crippen LogP contribution in [0.5, 0.6) is 5.75 Å². The zero-order valence-electron chi connectivity index (χ0n) is 14.8. The maximum absolute atomic E-state index is 8.70. The Morgan fingerprint density at radius 1 is 1.12 bits per heavy atom. The third-order valence-corrected chi connectivity index (χ3v) is 4.74. The van der Waals surface area contributed by atoms with Gasteiger partial charge in [0.15, 0.2) is 5.16 Å². The molecule has 3 rings (SSSR count). The number of aryl methyl sites for hydroxylation is 2. The lowest BCUT2D eigenvalue weighted by atomic mass is 10.2. The Hall–Kier alpha value is -2.78. The first-order valence-corrected chi connectivity index (χ1v) is 9.36. The maximum atomic E-state index is 8.70. The summed E-state index contributed by atoms with van der Waals surface area (Å²) in [6.45, 7) is 4.60. The summed E-state index contributed by atoms with van der Waals surface area (Å²) in [5, 5.41) is 18.1. The molecule has 5 nitrogen and oxygen atoms in total. The molecule has 3 aromatic rings. The maximum Gasteiger partial charge on any atom is 0.195 e. The summed E-state index contributed by atoms with van der Waals surface area (Å²) in [6, 6.07) is 18.1. The van der Waals surface area contributed by atoms with Gasteiger partial charge in [-0.1, -0.05) is 36.0 Å². The van der Waals surface area contributed by atoms with Crippen LogP contribution >= 0.6 is 11.8 Å². The van der Waals surface area contributed by atoms with E-state index in [2.05, 4.69) is 46.0 Å². The standard InChI is InChI=1S/C20H20N4OS/c1-15-4-3-5-18(14-15)24-16(2)22-23-20(24)26-13-12-25-19-8-6-17(7-9-19)10-11-21/h3-9,14H,10,12-13H2,1-2H3. The first-order chi connectivity index (χ1) is 12.7. The molecule has 0 aliphatic heterocycles. The summed E-state index contributed by atoms with van der Waals surface area (Å²) in [7, 11) is 0. The van der Waals surface area contributed by atoms with Crippen LogP contribution in [0.3, 0.4) is 0 Å². The second-order valence-corrected chi connectivity index (χ2v) is 6.94. The van der Waals surface area contributed by atoms with Gasteiger partial charge in [-0.2, -0.15) is 5.26 Å². The molecule has 0 atom stereocenters. The van der Waals surface area contributed by atoms with Gasteiger partial charge in [-0.15, -0.1) is 10.2 Å². The van der Waals surface area contributed by atoms with Crippen LogP contribution in [0, 0.1) is 25.2 Å². The van der Waals surface area contributed by atoms with Crippen molar-refractivity contribution in [1.82, 2.24) is 14.8 Å². The molecule has 132 valence electrons. The van der Waals surface area contributed by atoms with Crippen molar-refractivity contribution in [3.05, 3.63) is 65.5 Å². The lowest BCUT2D eigenvalue weighted by Crippen LogP contribution is -2.03. The fourth-order valence-electron chi connectivity index (χ4n) is 2.59.